The predicted molar refractivity (Wildman–Crippen MR) is 95.5 cm³/mol. The molecule has 1 saturated carbocycles. The number of aromatic nitrogens is 1. The second kappa shape index (κ2) is 9.14. The molecule has 2 aliphatic rings. The number of carbonyl (C=O) groups excluding carboxylic acids is 1. The summed E-state index contributed by atoms with van der Waals surface area (Å²) in [5, 5.41) is 6.60. The van der Waals surface area contributed by atoms with E-state index in [0.29, 0.717) is 18.5 Å². The van der Waals surface area contributed by atoms with Gasteiger partial charge in [0.25, 0.3) is 0 Å². The molecule has 1 aromatic rings. The third-order valence-corrected chi connectivity index (χ3v) is 5.31. The van der Waals surface area contributed by atoms with E-state index in [1.54, 1.807) is 0 Å². The molecular formula is C19H30N4O. The normalized spacial score (nSPS) is 22.0. The maximum Gasteiger partial charge on any atom is 0.234 e. The zero-order valence-corrected chi connectivity index (χ0v) is 14.5. The Morgan fingerprint density at radius 2 is 2.12 bits per heavy atom. The lowest BCUT2D eigenvalue weighted by Gasteiger charge is -2.31. The van der Waals surface area contributed by atoms with Crippen LogP contribution in [0.2, 0.25) is 0 Å². The number of pyridine rings is 1. The van der Waals surface area contributed by atoms with Gasteiger partial charge in [0.05, 0.1) is 12.2 Å². The Balaban J connectivity index is 1.58. The Morgan fingerprint density at radius 3 is 2.88 bits per heavy atom. The molecule has 0 radical (unpaired) electrons. The number of nitrogens with one attached hydrogen (secondary N) is 2. The van der Waals surface area contributed by atoms with Gasteiger partial charge in [0.15, 0.2) is 0 Å². The van der Waals surface area contributed by atoms with Crippen molar-refractivity contribution in [2.45, 2.75) is 51.1 Å². The highest BCUT2D eigenvalue weighted by molar-refractivity contribution is 5.78. The average molecular weight is 330 g/mol. The summed E-state index contributed by atoms with van der Waals surface area (Å²) in [6.07, 6.45) is 9.12. The summed E-state index contributed by atoms with van der Waals surface area (Å²) < 4.78 is 0. The number of hydrogen-bond donors (Lipinski definition) is 2. The number of amides is 1. The van der Waals surface area contributed by atoms with E-state index in [2.05, 4.69) is 20.5 Å². The molecule has 132 valence electrons. The van der Waals surface area contributed by atoms with Gasteiger partial charge in [0, 0.05) is 25.3 Å². The number of carbonyl (C=O) groups is 1. The van der Waals surface area contributed by atoms with Crippen molar-refractivity contribution < 1.29 is 4.79 Å². The minimum absolute atomic E-state index is 0.162. The predicted octanol–water partition coefficient (Wildman–Crippen LogP) is 1.94. The van der Waals surface area contributed by atoms with E-state index < -0.39 is 0 Å². The second-order valence-electron chi connectivity index (χ2n) is 7.16. The van der Waals surface area contributed by atoms with Crippen LogP contribution in [0.5, 0.6) is 0 Å². The Morgan fingerprint density at radius 1 is 1.21 bits per heavy atom. The van der Waals surface area contributed by atoms with Crippen LogP contribution in [0, 0.1) is 5.92 Å². The minimum atomic E-state index is 0.162. The molecule has 1 atom stereocenters. The van der Waals surface area contributed by atoms with E-state index in [1.165, 1.54) is 25.7 Å². The monoisotopic (exact) mass is 330 g/mol. The maximum atomic E-state index is 12.4. The van der Waals surface area contributed by atoms with Crippen LogP contribution in [0.4, 0.5) is 0 Å². The van der Waals surface area contributed by atoms with Crippen LogP contribution in [0.1, 0.15) is 44.2 Å². The topological polar surface area (TPSA) is 57.3 Å². The molecule has 1 aromatic heterocycles. The summed E-state index contributed by atoms with van der Waals surface area (Å²) in [7, 11) is 0. The molecule has 1 aliphatic carbocycles. The van der Waals surface area contributed by atoms with Crippen molar-refractivity contribution in [3.05, 3.63) is 30.1 Å². The first-order valence-electron chi connectivity index (χ1n) is 9.42. The van der Waals surface area contributed by atoms with E-state index in [9.17, 15) is 4.79 Å². The fourth-order valence-electron chi connectivity index (χ4n) is 3.58. The first kappa shape index (κ1) is 17.4. The van der Waals surface area contributed by atoms with Crippen LogP contribution in [-0.4, -0.2) is 48.0 Å². The average Bonchev–Trinajstić information content (AvgIpc) is 2.83. The molecule has 1 aliphatic heterocycles. The van der Waals surface area contributed by atoms with Crippen molar-refractivity contribution in [2.75, 3.05) is 26.2 Å². The minimum Gasteiger partial charge on any atom is -0.355 e. The molecule has 1 amide bonds. The van der Waals surface area contributed by atoms with Crippen molar-refractivity contribution in [2.24, 2.45) is 5.92 Å². The Labute approximate surface area is 145 Å². The van der Waals surface area contributed by atoms with Crippen molar-refractivity contribution in [1.82, 2.24) is 20.5 Å². The zero-order valence-electron chi connectivity index (χ0n) is 14.5. The highest BCUT2D eigenvalue weighted by Gasteiger charge is 2.24. The van der Waals surface area contributed by atoms with Crippen LogP contribution in [0.3, 0.4) is 0 Å². The molecule has 5 nitrogen and oxygen atoms in total. The van der Waals surface area contributed by atoms with E-state index in [-0.39, 0.29) is 5.91 Å². The van der Waals surface area contributed by atoms with Crippen LogP contribution >= 0.6 is 0 Å². The van der Waals surface area contributed by atoms with Gasteiger partial charge in [-0.25, -0.2) is 0 Å². The van der Waals surface area contributed by atoms with Gasteiger partial charge < -0.3 is 10.6 Å². The quantitative estimate of drug-likeness (QED) is 0.802. The lowest BCUT2D eigenvalue weighted by atomic mass is 9.85. The molecule has 1 saturated heterocycles. The summed E-state index contributed by atoms with van der Waals surface area (Å²) in [4.78, 5) is 19.2. The first-order valence-corrected chi connectivity index (χ1v) is 9.42. The molecular weight excluding hydrogens is 300 g/mol. The number of hydrogen-bond acceptors (Lipinski definition) is 4. The van der Waals surface area contributed by atoms with E-state index >= 15 is 0 Å². The van der Waals surface area contributed by atoms with Gasteiger partial charge in [-0.3, -0.25) is 14.7 Å². The lowest BCUT2D eigenvalue weighted by Crippen LogP contribution is -2.44. The van der Waals surface area contributed by atoms with E-state index in [4.69, 9.17) is 0 Å². The summed E-state index contributed by atoms with van der Waals surface area (Å²) in [5.74, 6) is 0.871. The van der Waals surface area contributed by atoms with E-state index in [1.807, 2.05) is 24.4 Å². The molecule has 0 bridgehead atoms. The molecule has 5 heteroatoms. The molecule has 24 heavy (non-hydrogen) atoms. The Bertz CT molecular complexity index is 495. The van der Waals surface area contributed by atoms with Gasteiger partial charge in [-0.15, -0.1) is 0 Å². The largest absolute Gasteiger partial charge is 0.355 e. The first-order chi connectivity index (χ1) is 11.8. The molecule has 0 unspecified atom stereocenters. The van der Waals surface area contributed by atoms with Gasteiger partial charge in [-0.05, 0) is 63.2 Å². The smallest absolute Gasteiger partial charge is 0.234 e. The van der Waals surface area contributed by atoms with Gasteiger partial charge in [-0.2, -0.15) is 0 Å². The van der Waals surface area contributed by atoms with E-state index in [0.717, 1.165) is 44.7 Å². The molecule has 2 heterocycles. The fraction of sp³-hybridized carbons (Fsp3) is 0.684. The van der Waals surface area contributed by atoms with Gasteiger partial charge in [0.2, 0.25) is 5.91 Å². The highest BCUT2D eigenvalue weighted by atomic mass is 16.2. The molecule has 3 rings (SSSR count). The SMILES string of the molecule is O=C(CN(Cc1ccccn1)[C@@H]1CCCNCC1)NCC1CCC1. The molecule has 0 aromatic carbocycles. The fourth-order valence-corrected chi connectivity index (χ4v) is 3.58. The second-order valence-corrected chi connectivity index (χ2v) is 7.16. The number of nitrogens with zero attached hydrogens (tertiary/aromatic N) is 2. The van der Waals surface area contributed by atoms with Crippen molar-refractivity contribution in [1.29, 1.82) is 0 Å². The molecule has 2 N–H and O–H groups in total. The van der Waals surface area contributed by atoms with Crippen LogP contribution < -0.4 is 10.6 Å². The summed E-state index contributed by atoms with van der Waals surface area (Å²) in [5.41, 5.74) is 1.04. The van der Waals surface area contributed by atoms with Crippen molar-refractivity contribution >= 4 is 5.91 Å². The summed E-state index contributed by atoms with van der Waals surface area (Å²) in [6.45, 7) is 4.20. The van der Waals surface area contributed by atoms with Gasteiger partial charge >= 0.3 is 0 Å². The zero-order chi connectivity index (χ0) is 16.6. The van der Waals surface area contributed by atoms with Crippen LogP contribution in [0.25, 0.3) is 0 Å². The van der Waals surface area contributed by atoms with Crippen molar-refractivity contribution in [3.63, 3.8) is 0 Å². The van der Waals surface area contributed by atoms with Gasteiger partial charge in [-0.1, -0.05) is 12.5 Å². The van der Waals surface area contributed by atoms with Crippen LogP contribution in [0.15, 0.2) is 24.4 Å². The third-order valence-electron chi connectivity index (χ3n) is 5.31. The number of rotatable bonds is 7. The lowest BCUT2D eigenvalue weighted by molar-refractivity contribution is -0.123. The standard InChI is InChI=1S/C19H30N4O/c24-19(22-13-16-5-3-6-16)15-23(14-17-7-1-2-11-21-17)18-8-4-10-20-12-9-18/h1-2,7,11,16,18,20H,3-6,8-10,12-15H2,(H,22,24)/t18-/m1/s1. The van der Waals surface area contributed by atoms with Crippen LogP contribution in [-0.2, 0) is 11.3 Å². The Kier molecular flexibility index (Phi) is 6.61. The summed E-state index contributed by atoms with van der Waals surface area (Å²) in [6, 6.07) is 6.46. The van der Waals surface area contributed by atoms with Crippen molar-refractivity contribution in [3.8, 4) is 0 Å². The molecule has 0 spiro atoms. The highest BCUT2D eigenvalue weighted by Crippen LogP contribution is 2.25. The Hall–Kier alpha value is -1.46. The van der Waals surface area contributed by atoms with Gasteiger partial charge in [0.1, 0.15) is 0 Å². The summed E-state index contributed by atoms with van der Waals surface area (Å²) >= 11 is 0. The molecule has 2 fully saturated rings. The maximum absolute atomic E-state index is 12.4. The third kappa shape index (κ3) is 5.28.